The van der Waals surface area contributed by atoms with E-state index in [1.807, 2.05) is 13.8 Å². The molecule has 3 nitrogen and oxygen atoms in total. The van der Waals surface area contributed by atoms with Gasteiger partial charge in [-0.3, -0.25) is 14.4 Å². The Morgan fingerprint density at radius 2 is 1.31 bits per heavy atom. The minimum absolute atomic E-state index is 0.0706. The molecule has 2 rings (SSSR count). The van der Waals surface area contributed by atoms with E-state index in [0.717, 1.165) is 0 Å². The van der Waals surface area contributed by atoms with Crippen LogP contribution in [-0.4, -0.2) is 17.3 Å². The van der Waals surface area contributed by atoms with Gasteiger partial charge in [0.2, 0.25) is 0 Å². The first kappa shape index (κ1) is 11.5. The van der Waals surface area contributed by atoms with Crippen molar-refractivity contribution < 1.29 is 14.4 Å². The summed E-state index contributed by atoms with van der Waals surface area (Å²) in [6.45, 7) is 3.92. The predicted octanol–water partition coefficient (Wildman–Crippen LogP) is 2.07. The van der Waals surface area contributed by atoms with Crippen molar-refractivity contribution in [2.45, 2.75) is 52.4 Å². The standard InChI is InChI=1S/C13H18O3/c1-12(2)7-10(15)13(11(16)8-12)5-3-9(14)4-6-13/h3-8H2,1-2H3. The fraction of sp³-hybridized carbons (Fsp3) is 0.769. The minimum Gasteiger partial charge on any atom is -0.300 e. The van der Waals surface area contributed by atoms with Crippen LogP contribution in [0, 0.1) is 10.8 Å². The molecule has 0 aromatic heterocycles. The summed E-state index contributed by atoms with van der Waals surface area (Å²) >= 11 is 0. The topological polar surface area (TPSA) is 51.2 Å². The zero-order valence-electron chi connectivity index (χ0n) is 9.97. The van der Waals surface area contributed by atoms with Gasteiger partial charge in [0.05, 0.1) is 5.41 Å². The Balaban J connectivity index is 2.25. The first-order chi connectivity index (χ1) is 7.36. The highest BCUT2D eigenvalue weighted by molar-refractivity contribution is 6.10. The maximum absolute atomic E-state index is 12.2. The summed E-state index contributed by atoms with van der Waals surface area (Å²) in [4.78, 5) is 35.6. The quantitative estimate of drug-likeness (QED) is 0.589. The second kappa shape index (κ2) is 3.51. The number of hydrogen-bond acceptors (Lipinski definition) is 3. The van der Waals surface area contributed by atoms with Crippen molar-refractivity contribution in [1.29, 1.82) is 0 Å². The van der Waals surface area contributed by atoms with Crippen LogP contribution in [0.4, 0.5) is 0 Å². The molecule has 1 spiro atoms. The highest BCUT2D eigenvalue weighted by Crippen LogP contribution is 2.47. The molecular weight excluding hydrogens is 204 g/mol. The molecule has 0 amide bonds. The van der Waals surface area contributed by atoms with Crippen LogP contribution in [0.25, 0.3) is 0 Å². The first-order valence-electron chi connectivity index (χ1n) is 5.94. The molecule has 0 heterocycles. The molecule has 0 atom stereocenters. The fourth-order valence-corrected chi connectivity index (χ4v) is 2.94. The van der Waals surface area contributed by atoms with E-state index in [0.29, 0.717) is 38.5 Å². The van der Waals surface area contributed by atoms with Crippen molar-refractivity contribution in [2.24, 2.45) is 10.8 Å². The van der Waals surface area contributed by atoms with Gasteiger partial charge < -0.3 is 0 Å². The van der Waals surface area contributed by atoms with Gasteiger partial charge in [-0.25, -0.2) is 0 Å². The fourth-order valence-electron chi connectivity index (χ4n) is 2.94. The van der Waals surface area contributed by atoms with E-state index in [1.165, 1.54) is 0 Å². The van der Waals surface area contributed by atoms with Crippen LogP contribution in [0.15, 0.2) is 0 Å². The van der Waals surface area contributed by atoms with Gasteiger partial charge in [0, 0.05) is 25.7 Å². The van der Waals surface area contributed by atoms with E-state index in [2.05, 4.69) is 0 Å². The lowest BCUT2D eigenvalue weighted by Crippen LogP contribution is -2.49. The van der Waals surface area contributed by atoms with Gasteiger partial charge in [-0.15, -0.1) is 0 Å². The molecule has 0 N–H and O–H groups in total. The van der Waals surface area contributed by atoms with E-state index in [9.17, 15) is 14.4 Å². The van der Waals surface area contributed by atoms with E-state index >= 15 is 0 Å². The summed E-state index contributed by atoms with van der Waals surface area (Å²) in [5.41, 5.74) is -0.982. The molecule has 2 aliphatic rings. The van der Waals surface area contributed by atoms with E-state index in [1.54, 1.807) is 0 Å². The molecule has 0 unspecified atom stereocenters. The third-order valence-corrected chi connectivity index (χ3v) is 4.01. The molecule has 0 bridgehead atoms. The maximum atomic E-state index is 12.2. The summed E-state index contributed by atoms with van der Waals surface area (Å²) < 4.78 is 0. The van der Waals surface area contributed by atoms with Crippen LogP contribution < -0.4 is 0 Å². The van der Waals surface area contributed by atoms with Crippen molar-refractivity contribution in [2.75, 3.05) is 0 Å². The highest BCUT2D eigenvalue weighted by atomic mass is 16.2. The van der Waals surface area contributed by atoms with Gasteiger partial charge >= 0.3 is 0 Å². The monoisotopic (exact) mass is 222 g/mol. The van der Waals surface area contributed by atoms with Gasteiger partial charge in [0.25, 0.3) is 0 Å². The second-order valence-electron chi connectivity index (χ2n) is 5.98. The van der Waals surface area contributed by atoms with E-state index < -0.39 is 5.41 Å². The van der Waals surface area contributed by atoms with Crippen LogP contribution in [0.1, 0.15) is 52.4 Å². The Morgan fingerprint density at radius 3 is 1.75 bits per heavy atom. The van der Waals surface area contributed by atoms with Crippen LogP contribution in [0.5, 0.6) is 0 Å². The maximum Gasteiger partial charge on any atom is 0.146 e. The zero-order valence-corrected chi connectivity index (χ0v) is 9.97. The minimum atomic E-state index is -0.788. The van der Waals surface area contributed by atoms with Gasteiger partial charge in [0.1, 0.15) is 17.3 Å². The van der Waals surface area contributed by atoms with Crippen molar-refractivity contribution >= 4 is 17.3 Å². The Bertz CT molecular complexity index is 333. The summed E-state index contributed by atoms with van der Waals surface area (Å²) in [7, 11) is 0. The third-order valence-electron chi connectivity index (χ3n) is 4.01. The Morgan fingerprint density at radius 1 is 0.875 bits per heavy atom. The number of Topliss-reactive ketones (excluding diaryl/α,β-unsaturated/α-hetero) is 3. The summed E-state index contributed by atoms with van der Waals surface area (Å²) in [5.74, 6) is 0.332. The van der Waals surface area contributed by atoms with E-state index in [4.69, 9.17) is 0 Å². The molecule has 0 aliphatic heterocycles. The average Bonchev–Trinajstić information content (AvgIpc) is 2.15. The lowest BCUT2D eigenvalue weighted by molar-refractivity contribution is -0.151. The van der Waals surface area contributed by atoms with Gasteiger partial charge in [-0.2, -0.15) is 0 Å². The highest BCUT2D eigenvalue weighted by Gasteiger charge is 2.52. The smallest absolute Gasteiger partial charge is 0.146 e. The zero-order chi connectivity index (χ0) is 12.0. The number of ketones is 3. The molecule has 2 aliphatic carbocycles. The Kier molecular flexibility index (Phi) is 2.52. The molecule has 0 aromatic carbocycles. The number of hydrogen-bond donors (Lipinski definition) is 0. The number of carbonyl (C=O) groups is 3. The summed E-state index contributed by atoms with van der Waals surface area (Å²) in [6.07, 6.45) is 2.68. The molecular formula is C13H18O3. The van der Waals surface area contributed by atoms with Gasteiger partial charge in [-0.05, 0) is 18.3 Å². The third kappa shape index (κ3) is 1.72. The molecule has 2 saturated carbocycles. The Labute approximate surface area is 95.6 Å². The lowest BCUT2D eigenvalue weighted by Gasteiger charge is -2.42. The van der Waals surface area contributed by atoms with Crippen LogP contribution in [-0.2, 0) is 14.4 Å². The van der Waals surface area contributed by atoms with Crippen LogP contribution >= 0.6 is 0 Å². The number of rotatable bonds is 0. The average molecular weight is 222 g/mol. The molecule has 16 heavy (non-hydrogen) atoms. The second-order valence-corrected chi connectivity index (χ2v) is 5.98. The molecule has 0 saturated heterocycles. The molecule has 0 radical (unpaired) electrons. The molecule has 0 aromatic rings. The lowest BCUT2D eigenvalue weighted by atomic mass is 9.58. The predicted molar refractivity (Wildman–Crippen MR) is 58.9 cm³/mol. The van der Waals surface area contributed by atoms with Crippen molar-refractivity contribution in [3.8, 4) is 0 Å². The Hall–Kier alpha value is -0.990. The molecule has 3 heteroatoms. The number of carbonyl (C=O) groups excluding carboxylic acids is 3. The van der Waals surface area contributed by atoms with Gasteiger partial charge in [0.15, 0.2) is 0 Å². The summed E-state index contributed by atoms with van der Waals surface area (Å²) in [6, 6.07) is 0. The van der Waals surface area contributed by atoms with E-state index in [-0.39, 0.29) is 22.8 Å². The van der Waals surface area contributed by atoms with Crippen LogP contribution in [0.3, 0.4) is 0 Å². The molecule has 2 fully saturated rings. The van der Waals surface area contributed by atoms with Crippen molar-refractivity contribution in [3.63, 3.8) is 0 Å². The normalized spacial score (nSPS) is 28.5. The summed E-state index contributed by atoms with van der Waals surface area (Å²) in [5, 5.41) is 0. The van der Waals surface area contributed by atoms with Crippen molar-refractivity contribution in [3.05, 3.63) is 0 Å². The van der Waals surface area contributed by atoms with Gasteiger partial charge in [-0.1, -0.05) is 13.8 Å². The molecule has 88 valence electrons. The van der Waals surface area contributed by atoms with Crippen LogP contribution in [0.2, 0.25) is 0 Å². The first-order valence-corrected chi connectivity index (χ1v) is 5.94. The SMILES string of the molecule is CC1(C)CC(=O)C2(CCC(=O)CC2)C(=O)C1. The van der Waals surface area contributed by atoms with Crippen molar-refractivity contribution in [1.82, 2.24) is 0 Å². The largest absolute Gasteiger partial charge is 0.300 e.